The summed E-state index contributed by atoms with van der Waals surface area (Å²) in [4.78, 5) is 0. The van der Waals surface area contributed by atoms with Crippen molar-refractivity contribution in [1.29, 1.82) is 0 Å². The van der Waals surface area contributed by atoms with Crippen molar-refractivity contribution in [2.75, 3.05) is 13.1 Å². The van der Waals surface area contributed by atoms with Gasteiger partial charge >= 0.3 is 0 Å². The summed E-state index contributed by atoms with van der Waals surface area (Å²) in [7, 11) is 0. The Morgan fingerprint density at radius 3 is 2.35 bits per heavy atom. The molecule has 1 nitrogen and oxygen atoms in total. The molecule has 0 atom stereocenters. The molecule has 0 saturated carbocycles. The van der Waals surface area contributed by atoms with E-state index < -0.39 is 0 Å². The van der Waals surface area contributed by atoms with Crippen LogP contribution in [-0.2, 0) is 0 Å². The highest BCUT2D eigenvalue weighted by molar-refractivity contribution is 5.41. The molecule has 94 valence electrons. The van der Waals surface area contributed by atoms with Gasteiger partial charge in [-0.2, -0.15) is 0 Å². The Hall–Kier alpha value is -0.820. The van der Waals surface area contributed by atoms with E-state index in [4.69, 9.17) is 0 Å². The molecule has 0 radical (unpaired) electrons. The van der Waals surface area contributed by atoms with Crippen LogP contribution in [0.1, 0.15) is 60.8 Å². The van der Waals surface area contributed by atoms with Crippen LogP contribution in [0.4, 0.5) is 0 Å². The molecule has 0 unspecified atom stereocenters. The molecule has 0 spiro atoms. The molecule has 1 aromatic rings. The topological polar surface area (TPSA) is 12.0 Å². The molecule has 0 aromatic heterocycles. The van der Waals surface area contributed by atoms with Gasteiger partial charge in [0.25, 0.3) is 0 Å². The number of aryl methyl sites for hydroxylation is 1. The van der Waals surface area contributed by atoms with Gasteiger partial charge in [0.15, 0.2) is 0 Å². The third-order valence-electron chi connectivity index (χ3n) is 4.18. The fourth-order valence-electron chi connectivity index (χ4n) is 2.81. The first-order valence-corrected chi connectivity index (χ1v) is 6.91. The van der Waals surface area contributed by atoms with Gasteiger partial charge in [-0.3, -0.25) is 0 Å². The maximum atomic E-state index is 3.46. The first-order chi connectivity index (χ1) is 8.09. The molecule has 1 heteroatoms. The van der Waals surface area contributed by atoms with Gasteiger partial charge in [-0.05, 0) is 73.9 Å². The van der Waals surface area contributed by atoms with Gasteiger partial charge in [-0.25, -0.2) is 0 Å². The van der Waals surface area contributed by atoms with Gasteiger partial charge in [0.05, 0.1) is 0 Å². The zero-order chi connectivity index (χ0) is 12.4. The predicted octanol–water partition coefficient (Wildman–Crippen LogP) is 3.89. The molecule has 1 N–H and O–H groups in total. The van der Waals surface area contributed by atoms with Crippen molar-refractivity contribution in [2.24, 2.45) is 0 Å². The molecule has 1 saturated heterocycles. The second kappa shape index (κ2) is 5.22. The standard InChI is InChI=1S/C16H25N/c1-11(2)15-9-12(3)13(4)16(10-15)14-5-7-17-8-6-14/h9-11,14,17H,5-8H2,1-4H3. The molecular formula is C16H25N. The highest BCUT2D eigenvalue weighted by Crippen LogP contribution is 2.32. The van der Waals surface area contributed by atoms with E-state index in [0.29, 0.717) is 5.92 Å². The van der Waals surface area contributed by atoms with E-state index in [2.05, 4.69) is 45.1 Å². The van der Waals surface area contributed by atoms with Crippen molar-refractivity contribution >= 4 is 0 Å². The fraction of sp³-hybridized carbons (Fsp3) is 0.625. The van der Waals surface area contributed by atoms with Crippen molar-refractivity contribution in [2.45, 2.75) is 52.4 Å². The third-order valence-corrected chi connectivity index (χ3v) is 4.18. The number of nitrogens with one attached hydrogen (secondary N) is 1. The van der Waals surface area contributed by atoms with Crippen LogP contribution in [0, 0.1) is 13.8 Å². The molecule has 0 amide bonds. The van der Waals surface area contributed by atoms with Crippen LogP contribution in [-0.4, -0.2) is 13.1 Å². The molecule has 0 bridgehead atoms. The number of hydrogen-bond acceptors (Lipinski definition) is 1. The Bertz CT molecular complexity index is 387. The smallest absolute Gasteiger partial charge is 0.00431 e. The summed E-state index contributed by atoms with van der Waals surface area (Å²) in [5.74, 6) is 1.41. The maximum absolute atomic E-state index is 3.46. The number of rotatable bonds is 2. The molecule has 1 aliphatic heterocycles. The third kappa shape index (κ3) is 2.71. The molecule has 1 heterocycles. The minimum Gasteiger partial charge on any atom is -0.317 e. The summed E-state index contributed by atoms with van der Waals surface area (Å²) < 4.78 is 0. The molecule has 1 aliphatic rings. The highest BCUT2D eigenvalue weighted by atomic mass is 14.9. The second-order valence-corrected chi connectivity index (χ2v) is 5.73. The quantitative estimate of drug-likeness (QED) is 0.814. The van der Waals surface area contributed by atoms with Crippen molar-refractivity contribution in [3.05, 3.63) is 34.4 Å². The van der Waals surface area contributed by atoms with Crippen LogP contribution >= 0.6 is 0 Å². The lowest BCUT2D eigenvalue weighted by atomic mass is 9.83. The average molecular weight is 231 g/mol. The molecule has 0 aliphatic carbocycles. The van der Waals surface area contributed by atoms with Gasteiger partial charge in [-0.15, -0.1) is 0 Å². The highest BCUT2D eigenvalue weighted by Gasteiger charge is 2.18. The van der Waals surface area contributed by atoms with Crippen molar-refractivity contribution in [3.63, 3.8) is 0 Å². The summed E-state index contributed by atoms with van der Waals surface area (Å²) in [6.45, 7) is 11.5. The lowest BCUT2D eigenvalue weighted by molar-refractivity contribution is 0.458. The average Bonchev–Trinajstić information content (AvgIpc) is 2.33. The van der Waals surface area contributed by atoms with Gasteiger partial charge in [-0.1, -0.05) is 26.0 Å². The van der Waals surface area contributed by atoms with Crippen LogP contribution in [0.15, 0.2) is 12.1 Å². The normalized spacial score (nSPS) is 17.7. The SMILES string of the molecule is Cc1cc(C(C)C)cc(C2CCNCC2)c1C. The fourth-order valence-corrected chi connectivity index (χ4v) is 2.81. The molecule has 17 heavy (non-hydrogen) atoms. The summed E-state index contributed by atoms with van der Waals surface area (Å²) in [6, 6.07) is 4.83. The van der Waals surface area contributed by atoms with Crippen LogP contribution in [0.2, 0.25) is 0 Å². The Balaban J connectivity index is 2.36. The van der Waals surface area contributed by atoms with Gasteiger partial charge < -0.3 is 5.32 Å². The van der Waals surface area contributed by atoms with E-state index in [9.17, 15) is 0 Å². The van der Waals surface area contributed by atoms with Gasteiger partial charge in [0.1, 0.15) is 0 Å². The summed E-state index contributed by atoms with van der Waals surface area (Å²) in [6.07, 6.45) is 2.59. The first-order valence-electron chi connectivity index (χ1n) is 6.91. The minimum absolute atomic E-state index is 0.634. The van der Waals surface area contributed by atoms with Gasteiger partial charge in [0, 0.05) is 0 Å². The second-order valence-electron chi connectivity index (χ2n) is 5.73. The zero-order valence-corrected chi connectivity index (χ0v) is 11.6. The molecule has 1 fully saturated rings. The van der Waals surface area contributed by atoms with E-state index in [1.165, 1.54) is 42.6 Å². The summed E-state index contributed by atoms with van der Waals surface area (Å²) in [5, 5.41) is 3.46. The monoisotopic (exact) mass is 231 g/mol. The molecule has 1 aromatic carbocycles. The Morgan fingerprint density at radius 2 is 1.76 bits per heavy atom. The van der Waals surface area contributed by atoms with E-state index >= 15 is 0 Å². The van der Waals surface area contributed by atoms with Crippen molar-refractivity contribution in [3.8, 4) is 0 Å². The number of piperidine rings is 1. The summed E-state index contributed by atoms with van der Waals surface area (Å²) >= 11 is 0. The van der Waals surface area contributed by atoms with Crippen molar-refractivity contribution < 1.29 is 0 Å². The lowest BCUT2D eigenvalue weighted by Gasteiger charge is -2.26. The van der Waals surface area contributed by atoms with E-state index in [1.807, 2.05) is 0 Å². The van der Waals surface area contributed by atoms with Crippen LogP contribution < -0.4 is 5.32 Å². The Kier molecular flexibility index (Phi) is 3.88. The van der Waals surface area contributed by atoms with Crippen LogP contribution in [0.25, 0.3) is 0 Å². The predicted molar refractivity (Wildman–Crippen MR) is 74.8 cm³/mol. The van der Waals surface area contributed by atoms with Crippen molar-refractivity contribution in [1.82, 2.24) is 5.32 Å². The molecule has 2 rings (SSSR count). The summed E-state index contributed by atoms with van der Waals surface area (Å²) in [5.41, 5.74) is 6.09. The molecular weight excluding hydrogens is 206 g/mol. The van der Waals surface area contributed by atoms with Gasteiger partial charge in [0.2, 0.25) is 0 Å². The lowest BCUT2D eigenvalue weighted by Crippen LogP contribution is -2.27. The van der Waals surface area contributed by atoms with Crippen LogP contribution in [0.5, 0.6) is 0 Å². The van der Waals surface area contributed by atoms with Crippen LogP contribution in [0.3, 0.4) is 0 Å². The number of benzene rings is 1. The van der Waals surface area contributed by atoms with E-state index in [-0.39, 0.29) is 0 Å². The maximum Gasteiger partial charge on any atom is -0.00431 e. The van der Waals surface area contributed by atoms with E-state index in [1.54, 1.807) is 5.56 Å². The largest absolute Gasteiger partial charge is 0.317 e. The minimum atomic E-state index is 0.634. The Morgan fingerprint density at radius 1 is 1.12 bits per heavy atom. The van der Waals surface area contributed by atoms with E-state index in [0.717, 1.165) is 5.92 Å². The zero-order valence-electron chi connectivity index (χ0n) is 11.6. The Labute approximate surface area is 106 Å². The number of hydrogen-bond donors (Lipinski definition) is 1. The first kappa shape index (κ1) is 12.6.